The third-order valence-electron chi connectivity index (χ3n) is 3.84. The van der Waals surface area contributed by atoms with Crippen molar-refractivity contribution in [1.82, 2.24) is 20.3 Å². The summed E-state index contributed by atoms with van der Waals surface area (Å²) in [6.07, 6.45) is 5.36. The van der Waals surface area contributed by atoms with Crippen LogP contribution in [0.3, 0.4) is 0 Å². The molecule has 2 aromatic rings. The van der Waals surface area contributed by atoms with Gasteiger partial charge in [-0.2, -0.15) is 0 Å². The number of aryl methyl sites for hydroxylation is 1. The average Bonchev–Trinajstić information content (AvgIpc) is 2.90. The summed E-state index contributed by atoms with van der Waals surface area (Å²) in [7, 11) is 3.88. The number of fused-ring (bicyclic) bond motifs is 1. The molecule has 1 N–H and O–H groups in total. The van der Waals surface area contributed by atoms with Crippen LogP contribution in [0.1, 0.15) is 35.7 Å². The topological polar surface area (TPSA) is 52.0 Å². The van der Waals surface area contributed by atoms with Crippen molar-refractivity contribution >= 4 is 0 Å². The van der Waals surface area contributed by atoms with Gasteiger partial charge in [0.15, 0.2) is 0 Å². The Morgan fingerprint density at radius 3 is 3.10 bits per heavy atom. The Balaban J connectivity index is 1.80. The first kappa shape index (κ1) is 13.1. The van der Waals surface area contributed by atoms with Crippen molar-refractivity contribution in [3.63, 3.8) is 0 Å². The Bertz CT molecular complexity index is 593. The predicted molar refractivity (Wildman–Crippen MR) is 76.5 cm³/mol. The molecule has 0 spiro atoms. The summed E-state index contributed by atoms with van der Waals surface area (Å²) in [4.78, 5) is 0. The van der Waals surface area contributed by atoms with Crippen LogP contribution in [-0.2, 0) is 20.1 Å². The number of nitrogens with one attached hydrogen (secondary N) is 1. The molecule has 0 saturated carbocycles. The van der Waals surface area contributed by atoms with E-state index in [1.54, 1.807) is 4.68 Å². The predicted octanol–water partition coefficient (Wildman–Crippen LogP) is 1.99. The Morgan fingerprint density at radius 2 is 2.35 bits per heavy atom. The average molecular weight is 272 g/mol. The number of hydrogen-bond acceptors (Lipinski definition) is 4. The van der Waals surface area contributed by atoms with Crippen molar-refractivity contribution in [1.29, 1.82) is 0 Å². The van der Waals surface area contributed by atoms with E-state index in [-0.39, 0.29) is 0 Å². The van der Waals surface area contributed by atoms with Crippen LogP contribution in [0.25, 0.3) is 0 Å². The molecule has 20 heavy (non-hydrogen) atoms. The molecule has 1 aliphatic carbocycles. The van der Waals surface area contributed by atoms with Crippen molar-refractivity contribution in [2.45, 2.75) is 31.9 Å². The third kappa shape index (κ3) is 2.54. The van der Waals surface area contributed by atoms with Gasteiger partial charge in [-0.3, -0.25) is 4.68 Å². The van der Waals surface area contributed by atoms with Crippen molar-refractivity contribution in [2.75, 3.05) is 7.05 Å². The number of benzene rings is 1. The van der Waals surface area contributed by atoms with Gasteiger partial charge in [0.05, 0.1) is 6.20 Å². The number of aromatic nitrogens is 3. The lowest BCUT2D eigenvalue weighted by atomic mass is 9.87. The molecule has 0 aliphatic heterocycles. The Hall–Kier alpha value is -1.88. The van der Waals surface area contributed by atoms with Crippen LogP contribution in [0.15, 0.2) is 24.4 Å². The van der Waals surface area contributed by atoms with Crippen LogP contribution in [0, 0.1) is 0 Å². The maximum Gasteiger partial charge on any atom is 0.134 e. The largest absolute Gasteiger partial charge is 0.487 e. The van der Waals surface area contributed by atoms with Crippen molar-refractivity contribution in [3.05, 3.63) is 41.2 Å². The molecule has 106 valence electrons. The van der Waals surface area contributed by atoms with E-state index >= 15 is 0 Å². The highest BCUT2D eigenvalue weighted by Crippen LogP contribution is 2.35. The summed E-state index contributed by atoms with van der Waals surface area (Å²) in [6.45, 7) is 0.467. The highest BCUT2D eigenvalue weighted by Gasteiger charge is 2.21. The van der Waals surface area contributed by atoms with Gasteiger partial charge in [0.1, 0.15) is 18.1 Å². The van der Waals surface area contributed by atoms with Crippen LogP contribution in [0.4, 0.5) is 0 Å². The second kappa shape index (κ2) is 5.63. The van der Waals surface area contributed by atoms with Gasteiger partial charge >= 0.3 is 0 Å². The standard InChI is InChI=1S/C15H20N4O/c1-16-14-7-3-6-13-12(14)5-4-8-15(13)20-10-11-9-19(2)18-17-11/h4-5,8-9,14,16H,3,6-7,10H2,1-2H3. The zero-order valence-corrected chi connectivity index (χ0v) is 12.0. The lowest BCUT2D eigenvalue weighted by Gasteiger charge is -2.26. The number of ether oxygens (including phenoxy) is 1. The maximum atomic E-state index is 5.95. The Kier molecular flexibility index (Phi) is 3.69. The molecule has 0 saturated heterocycles. The first-order valence-corrected chi connectivity index (χ1v) is 7.05. The summed E-state index contributed by atoms with van der Waals surface area (Å²) in [5, 5.41) is 11.4. The second-order valence-corrected chi connectivity index (χ2v) is 5.23. The minimum Gasteiger partial charge on any atom is -0.487 e. The van der Waals surface area contributed by atoms with E-state index in [0.29, 0.717) is 12.6 Å². The SMILES string of the molecule is CNC1CCCc2c(OCc3cn(C)nn3)cccc21. The van der Waals surface area contributed by atoms with Crippen molar-refractivity contribution in [2.24, 2.45) is 7.05 Å². The van der Waals surface area contributed by atoms with Gasteiger partial charge in [0.25, 0.3) is 0 Å². The molecule has 1 aliphatic rings. The molecule has 0 bridgehead atoms. The van der Waals surface area contributed by atoms with Crippen LogP contribution >= 0.6 is 0 Å². The number of nitrogens with zero attached hydrogens (tertiary/aromatic N) is 3. The molecule has 5 heteroatoms. The summed E-state index contributed by atoms with van der Waals surface area (Å²) < 4.78 is 7.64. The first-order chi connectivity index (χ1) is 9.78. The molecule has 5 nitrogen and oxygen atoms in total. The normalized spacial score (nSPS) is 17.8. The van der Waals surface area contributed by atoms with Crippen molar-refractivity contribution in [3.8, 4) is 5.75 Å². The van der Waals surface area contributed by atoms with Crippen molar-refractivity contribution < 1.29 is 4.74 Å². The minimum atomic E-state index is 0.443. The molecule has 0 radical (unpaired) electrons. The lowest BCUT2D eigenvalue weighted by molar-refractivity contribution is 0.295. The van der Waals surface area contributed by atoms with Gasteiger partial charge in [0.2, 0.25) is 0 Å². The van der Waals surface area contributed by atoms with Gasteiger partial charge in [-0.05, 0) is 43.5 Å². The van der Waals surface area contributed by atoms with E-state index in [9.17, 15) is 0 Å². The molecule has 1 heterocycles. The van der Waals surface area contributed by atoms with Gasteiger partial charge in [-0.25, -0.2) is 0 Å². The second-order valence-electron chi connectivity index (χ2n) is 5.23. The summed E-state index contributed by atoms with van der Waals surface area (Å²) in [5.74, 6) is 0.980. The molecule has 1 unspecified atom stereocenters. The van der Waals surface area contributed by atoms with Crippen LogP contribution in [0.5, 0.6) is 5.75 Å². The van der Waals surface area contributed by atoms with E-state index in [0.717, 1.165) is 17.9 Å². The number of hydrogen-bond donors (Lipinski definition) is 1. The fourth-order valence-corrected chi connectivity index (χ4v) is 2.86. The molecule has 3 rings (SSSR count). The van der Waals surface area contributed by atoms with Crippen LogP contribution < -0.4 is 10.1 Å². The van der Waals surface area contributed by atoms with Gasteiger partial charge < -0.3 is 10.1 Å². The maximum absolute atomic E-state index is 5.95. The first-order valence-electron chi connectivity index (χ1n) is 7.05. The summed E-state index contributed by atoms with van der Waals surface area (Å²) in [6, 6.07) is 6.76. The summed E-state index contributed by atoms with van der Waals surface area (Å²) in [5.41, 5.74) is 3.56. The Morgan fingerprint density at radius 1 is 1.45 bits per heavy atom. The molecule has 1 aromatic carbocycles. The van der Waals surface area contributed by atoms with E-state index in [2.05, 4.69) is 27.8 Å². The fourth-order valence-electron chi connectivity index (χ4n) is 2.86. The third-order valence-corrected chi connectivity index (χ3v) is 3.84. The molecular weight excluding hydrogens is 252 g/mol. The van der Waals surface area contributed by atoms with Gasteiger partial charge in [-0.1, -0.05) is 17.3 Å². The molecule has 1 aromatic heterocycles. The quantitative estimate of drug-likeness (QED) is 0.925. The monoisotopic (exact) mass is 272 g/mol. The Labute approximate surface area is 118 Å². The fraction of sp³-hybridized carbons (Fsp3) is 0.467. The van der Waals surface area contributed by atoms with Crippen LogP contribution in [-0.4, -0.2) is 22.0 Å². The lowest BCUT2D eigenvalue weighted by Crippen LogP contribution is -2.22. The molecule has 0 fully saturated rings. The highest BCUT2D eigenvalue weighted by molar-refractivity contribution is 5.43. The van der Waals surface area contributed by atoms with Gasteiger partial charge in [0, 0.05) is 13.1 Å². The molecule has 0 amide bonds. The van der Waals surface area contributed by atoms with E-state index in [1.807, 2.05) is 26.4 Å². The summed E-state index contributed by atoms with van der Waals surface area (Å²) >= 11 is 0. The molecular formula is C15H20N4O. The number of rotatable bonds is 4. The van der Waals surface area contributed by atoms with Crippen LogP contribution in [0.2, 0.25) is 0 Å². The minimum absolute atomic E-state index is 0.443. The smallest absolute Gasteiger partial charge is 0.134 e. The zero-order chi connectivity index (χ0) is 13.9. The van der Waals surface area contributed by atoms with Gasteiger partial charge in [-0.15, -0.1) is 5.10 Å². The van der Waals surface area contributed by atoms with E-state index in [4.69, 9.17) is 4.74 Å². The van der Waals surface area contributed by atoms with E-state index in [1.165, 1.54) is 24.0 Å². The molecule has 1 atom stereocenters. The highest BCUT2D eigenvalue weighted by atomic mass is 16.5. The van der Waals surface area contributed by atoms with E-state index < -0.39 is 0 Å². The zero-order valence-electron chi connectivity index (χ0n) is 12.0.